The quantitative estimate of drug-likeness (QED) is 0.434. The monoisotopic (exact) mass is 301 g/mol. The highest BCUT2D eigenvalue weighted by atomic mass is 16.4. The Morgan fingerprint density at radius 3 is 2.52 bits per heavy atom. The number of aliphatic carboxylic acids is 1. The zero-order valence-electron chi connectivity index (χ0n) is 11.7. The second-order valence-corrected chi connectivity index (χ2v) is 4.74. The average Bonchev–Trinajstić information content (AvgIpc) is 2.90. The molecular formula is C12H19N3O6. The standard InChI is InChI=1S/C12H19N3O6/c1-7(17)13-5-10(18)15-4-2-3-9(15)11(19)14-8(6-16)12(20)21/h8-9,16H,2-6H2,1H3,(H,13,17)(H,14,19)(H,20,21)/t8-,9-/m0/s1. The molecule has 0 saturated carbocycles. The molecule has 21 heavy (non-hydrogen) atoms. The van der Waals surface area contributed by atoms with E-state index in [0.29, 0.717) is 19.4 Å². The lowest BCUT2D eigenvalue weighted by Crippen LogP contribution is -2.53. The molecule has 1 rings (SSSR count). The molecule has 2 atom stereocenters. The van der Waals surface area contributed by atoms with Crippen LogP contribution in [-0.2, 0) is 19.2 Å². The van der Waals surface area contributed by atoms with Gasteiger partial charge in [0, 0.05) is 13.5 Å². The van der Waals surface area contributed by atoms with Crippen molar-refractivity contribution in [2.24, 2.45) is 0 Å². The van der Waals surface area contributed by atoms with Crippen molar-refractivity contribution in [1.29, 1.82) is 0 Å². The fraction of sp³-hybridized carbons (Fsp3) is 0.667. The molecule has 1 saturated heterocycles. The Morgan fingerprint density at radius 1 is 1.33 bits per heavy atom. The normalized spacial score (nSPS) is 19.0. The van der Waals surface area contributed by atoms with Crippen LogP contribution < -0.4 is 10.6 Å². The summed E-state index contributed by atoms with van der Waals surface area (Å²) >= 11 is 0. The zero-order chi connectivity index (χ0) is 16.0. The van der Waals surface area contributed by atoms with Crippen molar-refractivity contribution in [2.75, 3.05) is 19.7 Å². The van der Waals surface area contributed by atoms with E-state index < -0.39 is 36.5 Å². The second kappa shape index (κ2) is 7.58. The minimum absolute atomic E-state index is 0.207. The number of rotatable bonds is 6. The zero-order valence-corrected chi connectivity index (χ0v) is 11.7. The lowest BCUT2D eigenvalue weighted by atomic mass is 10.2. The molecule has 0 radical (unpaired) electrons. The molecule has 1 heterocycles. The van der Waals surface area contributed by atoms with E-state index >= 15 is 0 Å². The predicted molar refractivity (Wildman–Crippen MR) is 70.1 cm³/mol. The van der Waals surface area contributed by atoms with E-state index in [2.05, 4.69) is 10.6 Å². The van der Waals surface area contributed by atoms with Gasteiger partial charge in [-0.1, -0.05) is 0 Å². The van der Waals surface area contributed by atoms with Crippen LogP contribution in [0.1, 0.15) is 19.8 Å². The third-order valence-electron chi connectivity index (χ3n) is 3.16. The van der Waals surface area contributed by atoms with Gasteiger partial charge in [0.15, 0.2) is 0 Å². The summed E-state index contributed by atoms with van der Waals surface area (Å²) in [6.07, 6.45) is 1.02. The molecule has 0 aromatic heterocycles. The molecule has 0 unspecified atom stereocenters. The first kappa shape index (κ1) is 16.9. The molecule has 0 bridgehead atoms. The highest BCUT2D eigenvalue weighted by Gasteiger charge is 2.35. The van der Waals surface area contributed by atoms with Crippen LogP contribution in [0.5, 0.6) is 0 Å². The molecule has 1 aliphatic heterocycles. The lowest BCUT2D eigenvalue weighted by Gasteiger charge is -2.25. The van der Waals surface area contributed by atoms with Gasteiger partial charge in [0.1, 0.15) is 12.1 Å². The number of nitrogens with zero attached hydrogens (tertiary/aromatic N) is 1. The first-order valence-corrected chi connectivity index (χ1v) is 6.54. The summed E-state index contributed by atoms with van der Waals surface area (Å²) in [6, 6.07) is -2.18. The van der Waals surface area contributed by atoms with Crippen LogP contribution in [-0.4, -0.2) is 70.6 Å². The number of carboxylic acid groups (broad SMARTS) is 1. The summed E-state index contributed by atoms with van der Waals surface area (Å²) in [6.45, 7) is 0.711. The van der Waals surface area contributed by atoms with Crippen LogP contribution in [0.2, 0.25) is 0 Å². The van der Waals surface area contributed by atoms with Gasteiger partial charge >= 0.3 is 5.97 Å². The Morgan fingerprint density at radius 2 is 2.00 bits per heavy atom. The first-order valence-electron chi connectivity index (χ1n) is 6.54. The van der Waals surface area contributed by atoms with Crippen LogP contribution >= 0.6 is 0 Å². The van der Waals surface area contributed by atoms with Crippen molar-refractivity contribution >= 4 is 23.7 Å². The van der Waals surface area contributed by atoms with E-state index in [1.807, 2.05) is 0 Å². The van der Waals surface area contributed by atoms with Gasteiger partial charge in [-0.05, 0) is 12.8 Å². The van der Waals surface area contributed by atoms with E-state index in [4.69, 9.17) is 10.2 Å². The van der Waals surface area contributed by atoms with Crippen molar-refractivity contribution in [3.63, 3.8) is 0 Å². The molecule has 118 valence electrons. The van der Waals surface area contributed by atoms with Crippen molar-refractivity contribution in [3.8, 4) is 0 Å². The van der Waals surface area contributed by atoms with Gasteiger partial charge in [0.25, 0.3) is 0 Å². The summed E-state index contributed by atoms with van der Waals surface area (Å²) in [5.74, 6) is -2.72. The molecule has 1 fully saturated rings. The van der Waals surface area contributed by atoms with Crippen LogP contribution in [0.25, 0.3) is 0 Å². The number of carbonyl (C=O) groups is 4. The molecule has 0 aromatic rings. The molecular weight excluding hydrogens is 282 g/mol. The Bertz CT molecular complexity index is 439. The Balaban J connectivity index is 2.63. The Hall–Kier alpha value is -2.16. The third-order valence-corrected chi connectivity index (χ3v) is 3.16. The smallest absolute Gasteiger partial charge is 0.328 e. The number of hydrogen-bond acceptors (Lipinski definition) is 5. The van der Waals surface area contributed by atoms with Crippen LogP contribution in [0.4, 0.5) is 0 Å². The van der Waals surface area contributed by atoms with Crippen LogP contribution in [0, 0.1) is 0 Å². The highest BCUT2D eigenvalue weighted by molar-refractivity contribution is 5.92. The van der Waals surface area contributed by atoms with E-state index in [1.54, 1.807) is 0 Å². The number of carbonyl (C=O) groups excluding carboxylic acids is 3. The van der Waals surface area contributed by atoms with Gasteiger partial charge in [-0.25, -0.2) is 4.79 Å². The Kier molecular flexibility index (Phi) is 6.10. The number of aliphatic hydroxyl groups is 1. The van der Waals surface area contributed by atoms with Crippen molar-refractivity contribution in [2.45, 2.75) is 31.8 Å². The number of nitrogens with one attached hydrogen (secondary N) is 2. The van der Waals surface area contributed by atoms with Gasteiger partial charge < -0.3 is 25.7 Å². The first-order chi connectivity index (χ1) is 9.86. The Labute approximate surface area is 121 Å². The molecule has 9 heteroatoms. The number of hydrogen-bond donors (Lipinski definition) is 4. The van der Waals surface area contributed by atoms with Gasteiger partial charge in [-0.15, -0.1) is 0 Å². The van der Waals surface area contributed by atoms with E-state index in [9.17, 15) is 19.2 Å². The second-order valence-electron chi connectivity index (χ2n) is 4.74. The number of carboxylic acids is 1. The van der Waals surface area contributed by atoms with Crippen molar-refractivity contribution < 1.29 is 29.4 Å². The SMILES string of the molecule is CC(=O)NCC(=O)N1CCC[C@H]1C(=O)N[C@@H](CO)C(=O)O. The largest absolute Gasteiger partial charge is 0.480 e. The molecule has 0 aliphatic carbocycles. The third kappa shape index (κ3) is 4.71. The minimum Gasteiger partial charge on any atom is -0.480 e. The molecule has 4 N–H and O–H groups in total. The summed E-state index contributed by atoms with van der Waals surface area (Å²) in [4.78, 5) is 46.8. The fourth-order valence-corrected chi connectivity index (χ4v) is 2.09. The summed E-state index contributed by atoms with van der Waals surface area (Å²) in [7, 11) is 0. The van der Waals surface area contributed by atoms with E-state index in [-0.39, 0.29) is 12.5 Å². The highest BCUT2D eigenvalue weighted by Crippen LogP contribution is 2.17. The van der Waals surface area contributed by atoms with E-state index in [0.717, 1.165) is 0 Å². The number of aliphatic hydroxyl groups excluding tert-OH is 1. The summed E-state index contributed by atoms with van der Waals surface area (Å²) in [5, 5.41) is 22.2. The maximum atomic E-state index is 12.0. The molecule has 0 spiro atoms. The van der Waals surface area contributed by atoms with E-state index in [1.165, 1.54) is 11.8 Å². The topological polar surface area (TPSA) is 136 Å². The molecule has 3 amide bonds. The van der Waals surface area contributed by atoms with Crippen LogP contribution in [0.15, 0.2) is 0 Å². The van der Waals surface area contributed by atoms with Gasteiger partial charge in [-0.2, -0.15) is 0 Å². The van der Waals surface area contributed by atoms with Gasteiger partial charge in [0.2, 0.25) is 17.7 Å². The summed E-state index contributed by atoms with van der Waals surface area (Å²) < 4.78 is 0. The number of amides is 3. The maximum Gasteiger partial charge on any atom is 0.328 e. The van der Waals surface area contributed by atoms with Gasteiger partial charge in [-0.3, -0.25) is 14.4 Å². The molecule has 1 aliphatic rings. The van der Waals surface area contributed by atoms with Crippen LogP contribution in [0.3, 0.4) is 0 Å². The van der Waals surface area contributed by atoms with Gasteiger partial charge in [0.05, 0.1) is 13.2 Å². The van der Waals surface area contributed by atoms with Crippen molar-refractivity contribution in [1.82, 2.24) is 15.5 Å². The number of likely N-dealkylation sites (tertiary alicyclic amines) is 1. The lowest BCUT2D eigenvalue weighted by molar-refractivity contribution is -0.144. The average molecular weight is 301 g/mol. The minimum atomic E-state index is -1.40. The maximum absolute atomic E-state index is 12.0. The summed E-state index contributed by atoms with van der Waals surface area (Å²) in [5.41, 5.74) is 0. The van der Waals surface area contributed by atoms with Crippen molar-refractivity contribution in [3.05, 3.63) is 0 Å². The molecule has 0 aromatic carbocycles. The predicted octanol–water partition coefficient (Wildman–Crippen LogP) is -2.32. The molecule has 9 nitrogen and oxygen atoms in total. The fourth-order valence-electron chi connectivity index (χ4n) is 2.09.